The molecular weight excluding hydrogens is 319 g/mol. The van der Waals surface area contributed by atoms with Gasteiger partial charge >= 0.3 is 0 Å². The van der Waals surface area contributed by atoms with Crippen LogP contribution in [-0.4, -0.2) is 19.0 Å². The van der Waals surface area contributed by atoms with Gasteiger partial charge in [-0.25, -0.2) is 4.39 Å². The van der Waals surface area contributed by atoms with Crippen molar-refractivity contribution in [3.8, 4) is 0 Å². The Hall–Kier alpha value is -1.39. The van der Waals surface area contributed by atoms with E-state index in [1.165, 1.54) is 11.6 Å². The van der Waals surface area contributed by atoms with E-state index >= 15 is 0 Å². The fraction of sp³-hybridized carbons (Fsp3) is 0.250. The zero-order valence-corrected chi connectivity index (χ0v) is 13.2. The molecule has 0 saturated heterocycles. The number of anilines is 1. The average Bonchev–Trinajstić information content (AvgIpc) is 2.41. The Bertz CT molecular complexity index is 584. The molecule has 0 heterocycles. The SMILES string of the molecule is CN(C)Cc1ccccc1NCc1cc(Br)ccc1F. The van der Waals surface area contributed by atoms with Crippen LogP contribution >= 0.6 is 15.9 Å². The van der Waals surface area contributed by atoms with Gasteiger partial charge in [0.15, 0.2) is 0 Å². The van der Waals surface area contributed by atoms with Gasteiger partial charge in [0.2, 0.25) is 0 Å². The minimum absolute atomic E-state index is 0.189. The molecule has 0 amide bonds. The van der Waals surface area contributed by atoms with Gasteiger partial charge in [0.05, 0.1) is 0 Å². The smallest absolute Gasteiger partial charge is 0.128 e. The van der Waals surface area contributed by atoms with Gasteiger partial charge in [0.25, 0.3) is 0 Å². The van der Waals surface area contributed by atoms with E-state index in [1.54, 1.807) is 12.1 Å². The molecule has 0 aliphatic carbocycles. The van der Waals surface area contributed by atoms with Crippen LogP contribution in [0.25, 0.3) is 0 Å². The first-order valence-corrected chi connectivity index (χ1v) is 7.26. The number of para-hydroxylation sites is 1. The predicted octanol–water partition coefficient (Wildman–Crippen LogP) is 4.26. The van der Waals surface area contributed by atoms with Crippen molar-refractivity contribution in [3.63, 3.8) is 0 Å². The van der Waals surface area contributed by atoms with E-state index in [2.05, 4.69) is 32.2 Å². The number of hydrogen-bond acceptors (Lipinski definition) is 2. The van der Waals surface area contributed by atoms with Gasteiger partial charge in [0, 0.05) is 28.8 Å². The molecule has 106 valence electrons. The zero-order valence-electron chi connectivity index (χ0n) is 11.7. The van der Waals surface area contributed by atoms with E-state index in [4.69, 9.17) is 0 Å². The first-order chi connectivity index (χ1) is 9.56. The van der Waals surface area contributed by atoms with E-state index in [0.29, 0.717) is 12.1 Å². The first kappa shape index (κ1) is 15.0. The van der Waals surface area contributed by atoms with Crippen LogP contribution in [0, 0.1) is 5.82 Å². The Labute approximate surface area is 127 Å². The van der Waals surface area contributed by atoms with Crippen LogP contribution in [-0.2, 0) is 13.1 Å². The number of rotatable bonds is 5. The van der Waals surface area contributed by atoms with Crippen LogP contribution in [0.3, 0.4) is 0 Å². The number of hydrogen-bond donors (Lipinski definition) is 1. The normalized spacial score (nSPS) is 10.8. The highest BCUT2D eigenvalue weighted by molar-refractivity contribution is 9.10. The highest BCUT2D eigenvalue weighted by atomic mass is 79.9. The predicted molar refractivity (Wildman–Crippen MR) is 85.3 cm³/mol. The van der Waals surface area contributed by atoms with E-state index in [-0.39, 0.29) is 5.82 Å². The molecule has 2 rings (SSSR count). The molecule has 0 spiro atoms. The highest BCUT2D eigenvalue weighted by Crippen LogP contribution is 2.20. The number of nitrogens with zero attached hydrogens (tertiary/aromatic N) is 1. The monoisotopic (exact) mass is 336 g/mol. The summed E-state index contributed by atoms with van der Waals surface area (Å²) in [7, 11) is 4.06. The maximum atomic E-state index is 13.7. The van der Waals surface area contributed by atoms with Gasteiger partial charge in [-0.3, -0.25) is 0 Å². The molecule has 0 saturated carbocycles. The van der Waals surface area contributed by atoms with Crippen LogP contribution in [0.2, 0.25) is 0 Å². The Morgan fingerprint density at radius 2 is 1.85 bits per heavy atom. The molecule has 2 aromatic rings. The van der Waals surface area contributed by atoms with Crippen molar-refractivity contribution < 1.29 is 4.39 Å². The van der Waals surface area contributed by atoms with Crippen molar-refractivity contribution in [1.82, 2.24) is 4.90 Å². The molecule has 0 radical (unpaired) electrons. The van der Waals surface area contributed by atoms with Crippen LogP contribution in [0.4, 0.5) is 10.1 Å². The van der Waals surface area contributed by atoms with E-state index in [0.717, 1.165) is 16.7 Å². The maximum Gasteiger partial charge on any atom is 0.128 e. The van der Waals surface area contributed by atoms with Gasteiger partial charge in [-0.2, -0.15) is 0 Å². The van der Waals surface area contributed by atoms with Gasteiger partial charge < -0.3 is 10.2 Å². The number of nitrogens with one attached hydrogen (secondary N) is 1. The molecule has 0 unspecified atom stereocenters. The quantitative estimate of drug-likeness (QED) is 0.877. The van der Waals surface area contributed by atoms with Crippen LogP contribution in [0.5, 0.6) is 0 Å². The molecule has 2 nitrogen and oxygen atoms in total. The fourth-order valence-electron chi connectivity index (χ4n) is 2.04. The summed E-state index contributed by atoms with van der Waals surface area (Å²) in [5, 5.41) is 3.32. The van der Waals surface area contributed by atoms with Crippen molar-refractivity contribution in [3.05, 3.63) is 63.9 Å². The van der Waals surface area contributed by atoms with Gasteiger partial charge in [-0.1, -0.05) is 34.1 Å². The molecule has 20 heavy (non-hydrogen) atoms. The topological polar surface area (TPSA) is 15.3 Å². The van der Waals surface area contributed by atoms with E-state index in [9.17, 15) is 4.39 Å². The Balaban J connectivity index is 2.12. The maximum absolute atomic E-state index is 13.7. The molecule has 2 aromatic carbocycles. The number of benzene rings is 2. The standard InChI is InChI=1S/C16H18BrFN2/c1-20(2)11-12-5-3-4-6-16(12)19-10-13-9-14(17)7-8-15(13)18/h3-9,19H,10-11H2,1-2H3. The summed E-state index contributed by atoms with van der Waals surface area (Å²) in [6, 6.07) is 13.1. The molecule has 0 aliphatic heterocycles. The Morgan fingerprint density at radius 3 is 2.60 bits per heavy atom. The van der Waals surface area contributed by atoms with Crippen LogP contribution in [0.1, 0.15) is 11.1 Å². The summed E-state index contributed by atoms with van der Waals surface area (Å²) in [5.41, 5.74) is 2.90. The Morgan fingerprint density at radius 1 is 1.10 bits per heavy atom. The van der Waals surface area contributed by atoms with Gasteiger partial charge in [0.1, 0.15) is 5.82 Å². The van der Waals surface area contributed by atoms with Crippen molar-refractivity contribution >= 4 is 21.6 Å². The van der Waals surface area contributed by atoms with Crippen molar-refractivity contribution in [2.45, 2.75) is 13.1 Å². The van der Waals surface area contributed by atoms with Crippen molar-refractivity contribution in [2.24, 2.45) is 0 Å². The third-order valence-corrected chi connectivity index (χ3v) is 3.47. The fourth-order valence-corrected chi connectivity index (χ4v) is 2.45. The van der Waals surface area contributed by atoms with Crippen LogP contribution in [0.15, 0.2) is 46.9 Å². The third-order valence-electron chi connectivity index (χ3n) is 2.98. The summed E-state index contributed by atoms with van der Waals surface area (Å²) in [5.74, 6) is -0.189. The lowest BCUT2D eigenvalue weighted by Crippen LogP contribution is -2.13. The summed E-state index contributed by atoms with van der Waals surface area (Å²) < 4.78 is 14.6. The highest BCUT2D eigenvalue weighted by Gasteiger charge is 2.06. The molecule has 0 aliphatic rings. The largest absolute Gasteiger partial charge is 0.381 e. The van der Waals surface area contributed by atoms with Crippen molar-refractivity contribution in [1.29, 1.82) is 0 Å². The van der Waals surface area contributed by atoms with E-state index in [1.807, 2.05) is 32.3 Å². The third kappa shape index (κ3) is 4.05. The van der Waals surface area contributed by atoms with Gasteiger partial charge in [-0.05, 0) is 43.9 Å². The lowest BCUT2D eigenvalue weighted by molar-refractivity contribution is 0.403. The molecule has 0 fully saturated rings. The Kier molecular flexibility index (Phi) is 5.15. The number of halogens is 2. The molecule has 0 aromatic heterocycles. The summed E-state index contributed by atoms with van der Waals surface area (Å²) >= 11 is 3.37. The lowest BCUT2D eigenvalue weighted by atomic mass is 10.1. The molecule has 0 bridgehead atoms. The second-order valence-corrected chi connectivity index (χ2v) is 5.90. The second kappa shape index (κ2) is 6.86. The molecule has 0 atom stereocenters. The van der Waals surface area contributed by atoms with Crippen molar-refractivity contribution in [2.75, 3.05) is 19.4 Å². The van der Waals surface area contributed by atoms with E-state index < -0.39 is 0 Å². The lowest BCUT2D eigenvalue weighted by Gasteiger charge is -2.16. The first-order valence-electron chi connectivity index (χ1n) is 6.46. The minimum Gasteiger partial charge on any atom is -0.381 e. The second-order valence-electron chi connectivity index (χ2n) is 4.98. The summed E-state index contributed by atoms with van der Waals surface area (Å²) in [6.45, 7) is 1.32. The zero-order chi connectivity index (χ0) is 14.5. The molecule has 1 N–H and O–H groups in total. The average molecular weight is 337 g/mol. The van der Waals surface area contributed by atoms with Crippen LogP contribution < -0.4 is 5.32 Å². The van der Waals surface area contributed by atoms with Gasteiger partial charge in [-0.15, -0.1) is 0 Å². The summed E-state index contributed by atoms with van der Waals surface area (Å²) in [4.78, 5) is 2.11. The minimum atomic E-state index is -0.189. The summed E-state index contributed by atoms with van der Waals surface area (Å²) in [6.07, 6.45) is 0. The molecule has 4 heteroatoms. The molecular formula is C16H18BrFN2.